The Balaban J connectivity index is 4.06. The zero-order valence-corrected chi connectivity index (χ0v) is 48.8. The third-order valence-electron chi connectivity index (χ3n) is 13.6. The summed E-state index contributed by atoms with van der Waals surface area (Å²) in [6, 6.07) is 0. The van der Waals surface area contributed by atoms with Crippen LogP contribution in [0.4, 0.5) is 0 Å². The van der Waals surface area contributed by atoms with E-state index in [-0.39, 0.29) is 31.1 Å². The van der Waals surface area contributed by atoms with Gasteiger partial charge in [-0.25, -0.2) is 0 Å². The number of ether oxygens (including phenoxy) is 3. The summed E-state index contributed by atoms with van der Waals surface area (Å²) in [5.41, 5.74) is 0. The molecule has 0 aliphatic carbocycles. The molecule has 0 aliphatic rings. The predicted octanol–water partition coefficient (Wildman–Crippen LogP) is 21.5. The lowest BCUT2D eigenvalue weighted by Crippen LogP contribution is -2.30. The van der Waals surface area contributed by atoms with Crippen LogP contribution in [0, 0.1) is 0 Å². The van der Waals surface area contributed by atoms with Gasteiger partial charge in [-0.3, -0.25) is 14.4 Å². The molecule has 0 radical (unpaired) electrons. The molecule has 426 valence electrons. The summed E-state index contributed by atoms with van der Waals surface area (Å²) < 4.78 is 16.8. The zero-order valence-electron chi connectivity index (χ0n) is 48.8. The van der Waals surface area contributed by atoms with Crippen molar-refractivity contribution in [2.45, 2.75) is 316 Å². The standard InChI is InChI=1S/C68H118O6/c1-4-7-10-13-16-19-22-24-25-26-27-28-29-30-31-32-33-34-35-36-37-38-39-40-41-42-43-45-46-49-52-55-58-61-67(70)73-64-65(63-72-66(69)60-57-54-51-48-21-18-15-12-9-6-3)74-68(71)62-59-56-53-50-47-44-23-20-17-14-11-8-5-2/h7,10,12,15-16,19-20,23-25,27-28,30-31,65H,4-6,8-9,11,13-14,17-18,21-22,26,29,32-64H2,1-3H3/b10-7-,15-12-,19-16-,23-20-,25-24-,28-27-,31-30-. The van der Waals surface area contributed by atoms with Crippen LogP contribution in [-0.4, -0.2) is 37.2 Å². The largest absolute Gasteiger partial charge is 0.462 e. The van der Waals surface area contributed by atoms with E-state index in [0.29, 0.717) is 19.3 Å². The lowest BCUT2D eigenvalue weighted by atomic mass is 10.0. The minimum Gasteiger partial charge on any atom is -0.462 e. The molecule has 0 rings (SSSR count). The number of hydrogen-bond acceptors (Lipinski definition) is 6. The topological polar surface area (TPSA) is 78.9 Å². The Kier molecular flexibility index (Phi) is 59.3. The molecule has 0 fully saturated rings. The third kappa shape index (κ3) is 59.5. The first-order chi connectivity index (χ1) is 36.5. The SMILES string of the molecule is CC/C=C\C/C=C\C/C=C\C/C=C\C/C=C\CCCCCCCCCCCCCCCCCCCC(=O)OCC(COC(=O)CCCCCCC/C=C\CCC)OC(=O)CCCCCCC/C=C\CCCCCC. The predicted molar refractivity (Wildman–Crippen MR) is 321 cm³/mol. The average Bonchev–Trinajstić information content (AvgIpc) is 3.40. The second-order valence-corrected chi connectivity index (χ2v) is 20.9. The average molecular weight is 1030 g/mol. The molecule has 0 aromatic carbocycles. The Hall–Kier alpha value is -3.41. The van der Waals surface area contributed by atoms with Crippen LogP contribution >= 0.6 is 0 Å². The Labute approximate surface area is 458 Å². The Morgan fingerprint density at radius 3 is 0.892 bits per heavy atom. The van der Waals surface area contributed by atoms with Crippen LogP contribution in [0.15, 0.2) is 85.1 Å². The van der Waals surface area contributed by atoms with E-state index < -0.39 is 6.10 Å². The first-order valence-corrected chi connectivity index (χ1v) is 31.6. The highest BCUT2D eigenvalue weighted by Crippen LogP contribution is 2.16. The molecule has 0 saturated heterocycles. The first kappa shape index (κ1) is 70.6. The monoisotopic (exact) mass is 1030 g/mol. The maximum atomic E-state index is 12.8. The van der Waals surface area contributed by atoms with E-state index in [0.717, 1.165) is 116 Å². The number of rotatable bonds is 57. The second-order valence-electron chi connectivity index (χ2n) is 20.9. The fourth-order valence-electron chi connectivity index (χ4n) is 8.88. The van der Waals surface area contributed by atoms with Crippen LogP contribution in [0.5, 0.6) is 0 Å². The summed E-state index contributed by atoms with van der Waals surface area (Å²) in [5, 5.41) is 0. The normalized spacial score (nSPS) is 12.6. The number of carbonyl (C=O) groups excluding carboxylic acids is 3. The molecule has 0 bridgehead atoms. The highest BCUT2D eigenvalue weighted by Gasteiger charge is 2.19. The fraction of sp³-hybridized carbons (Fsp3) is 0.750. The zero-order chi connectivity index (χ0) is 53.6. The molecule has 6 heteroatoms. The molecular weight excluding hydrogens is 913 g/mol. The minimum atomic E-state index is -0.781. The van der Waals surface area contributed by atoms with Crippen molar-refractivity contribution in [2.24, 2.45) is 0 Å². The van der Waals surface area contributed by atoms with Crippen LogP contribution in [0.2, 0.25) is 0 Å². The number of unbranched alkanes of at least 4 members (excludes halogenated alkanes) is 32. The highest BCUT2D eigenvalue weighted by molar-refractivity contribution is 5.71. The Bertz CT molecular complexity index is 1420. The van der Waals surface area contributed by atoms with Crippen LogP contribution < -0.4 is 0 Å². The van der Waals surface area contributed by atoms with Crippen molar-refractivity contribution in [1.82, 2.24) is 0 Å². The van der Waals surface area contributed by atoms with Gasteiger partial charge in [-0.2, -0.15) is 0 Å². The Morgan fingerprint density at radius 2 is 0.554 bits per heavy atom. The summed E-state index contributed by atoms with van der Waals surface area (Å²) in [7, 11) is 0. The molecule has 0 saturated carbocycles. The van der Waals surface area contributed by atoms with Gasteiger partial charge in [0.2, 0.25) is 0 Å². The van der Waals surface area contributed by atoms with Crippen LogP contribution in [0.1, 0.15) is 310 Å². The van der Waals surface area contributed by atoms with E-state index in [1.165, 1.54) is 154 Å². The maximum absolute atomic E-state index is 12.8. The number of allylic oxidation sites excluding steroid dienone is 14. The number of hydrogen-bond donors (Lipinski definition) is 0. The van der Waals surface area contributed by atoms with Gasteiger partial charge in [-0.1, -0.05) is 266 Å². The highest BCUT2D eigenvalue weighted by atomic mass is 16.6. The van der Waals surface area contributed by atoms with Gasteiger partial charge >= 0.3 is 17.9 Å². The van der Waals surface area contributed by atoms with Crippen molar-refractivity contribution in [1.29, 1.82) is 0 Å². The molecule has 0 amide bonds. The van der Waals surface area contributed by atoms with Crippen molar-refractivity contribution in [2.75, 3.05) is 13.2 Å². The summed E-state index contributed by atoms with van der Waals surface area (Å²) >= 11 is 0. The molecular formula is C68H118O6. The second kappa shape index (κ2) is 62.1. The quantitative estimate of drug-likeness (QED) is 0.0261. The van der Waals surface area contributed by atoms with Gasteiger partial charge in [0.25, 0.3) is 0 Å². The van der Waals surface area contributed by atoms with Gasteiger partial charge in [0, 0.05) is 19.3 Å². The third-order valence-corrected chi connectivity index (χ3v) is 13.6. The maximum Gasteiger partial charge on any atom is 0.306 e. The van der Waals surface area contributed by atoms with E-state index in [4.69, 9.17) is 14.2 Å². The van der Waals surface area contributed by atoms with E-state index in [1.54, 1.807) is 0 Å². The summed E-state index contributed by atoms with van der Waals surface area (Å²) in [5.74, 6) is -0.890. The molecule has 0 heterocycles. The molecule has 6 nitrogen and oxygen atoms in total. The van der Waals surface area contributed by atoms with Gasteiger partial charge in [0.1, 0.15) is 13.2 Å². The van der Waals surface area contributed by atoms with E-state index in [2.05, 4.69) is 106 Å². The van der Waals surface area contributed by atoms with Gasteiger partial charge in [-0.15, -0.1) is 0 Å². The summed E-state index contributed by atoms with van der Waals surface area (Å²) in [6.07, 6.45) is 81.8. The molecule has 1 atom stereocenters. The molecule has 0 aliphatic heterocycles. The van der Waals surface area contributed by atoms with Crippen LogP contribution in [0.3, 0.4) is 0 Å². The van der Waals surface area contributed by atoms with Crippen molar-refractivity contribution >= 4 is 17.9 Å². The van der Waals surface area contributed by atoms with Crippen molar-refractivity contribution < 1.29 is 28.6 Å². The van der Waals surface area contributed by atoms with Gasteiger partial charge in [-0.05, 0) is 109 Å². The number of carbonyl (C=O) groups is 3. The van der Waals surface area contributed by atoms with Gasteiger partial charge < -0.3 is 14.2 Å². The smallest absolute Gasteiger partial charge is 0.306 e. The van der Waals surface area contributed by atoms with Crippen molar-refractivity contribution in [3.8, 4) is 0 Å². The molecule has 1 unspecified atom stereocenters. The molecule has 0 aromatic rings. The van der Waals surface area contributed by atoms with Gasteiger partial charge in [0.05, 0.1) is 0 Å². The molecule has 0 aromatic heterocycles. The summed E-state index contributed by atoms with van der Waals surface area (Å²) in [6.45, 7) is 6.45. The van der Waals surface area contributed by atoms with Crippen LogP contribution in [0.25, 0.3) is 0 Å². The summed E-state index contributed by atoms with van der Waals surface area (Å²) in [4.78, 5) is 38.1. The lowest BCUT2D eigenvalue weighted by molar-refractivity contribution is -0.167. The van der Waals surface area contributed by atoms with Crippen molar-refractivity contribution in [3.05, 3.63) is 85.1 Å². The fourth-order valence-corrected chi connectivity index (χ4v) is 8.88. The Morgan fingerprint density at radius 1 is 0.284 bits per heavy atom. The molecule has 74 heavy (non-hydrogen) atoms. The van der Waals surface area contributed by atoms with Crippen LogP contribution in [-0.2, 0) is 28.6 Å². The van der Waals surface area contributed by atoms with E-state index >= 15 is 0 Å². The van der Waals surface area contributed by atoms with E-state index in [1.807, 2.05) is 0 Å². The minimum absolute atomic E-state index is 0.0792. The lowest BCUT2D eigenvalue weighted by Gasteiger charge is -2.18. The van der Waals surface area contributed by atoms with Crippen molar-refractivity contribution in [3.63, 3.8) is 0 Å². The molecule has 0 spiro atoms. The molecule has 0 N–H and O–H groups in total. The van der Waals surface area contributed by atoms with E-state index in [9.17, 15) is 14.4 Å². The first-order valence-electron chi connectivity index (χ1n) is 31.6. The van der Waals surface area contributed by atoms with Gasteiger partial charge in [0.15, 0.2) is 6.10 Å². The number of esters is 3.